The minimum atomic E-state index is -6.46. The van der Waals surface area contributed by atoms with E-state index in [0.717, 1.165) is 72.2 Å². The zero-order valence-corrected chi connectivity index (χ0v) is 31.8. The summed E-state index contributed by atoms with van der Waals surface area (Å²) in [6.07, 6.45) is -2.72. The van der Waals surface area contributed by atoms with Crippen molar-refractivity contribution in [1.29, 1.82) is 0 Å². The predicted octanol–water partition coefficient (Wildman–Crippen LogP) is 8.26. The zero-order valence-electron chi connectivity index (χ0n) is 30.2. The van der Waals surface area contributed by atoms with Gasteiger partial charge in [0.2, 0.25) is 5.91 Å². The van der Waals surface area contributed by atoms with Gasteiger partial charge in [0.1, 0.15) is 11.5 Å². The molecule has 4 aromatic carbocycles. The molecule has 4 rings (SSSR count). The minimum Gasteiger partial charge on any atom is -0.426 e. The molecule has 0 spiro atoms. The Morgan fingerprint density at radius 1 is 0.661 bits per heavy atom. The number of ether oxygens (including phenoxy) is 2. The Morgan fingerprint density at radius 2 is 1.20 bits per heavy atom. The van der Waals surface area contributed by atoms with Gasteiger partial charge < -0.3 is 25.8 Å². The standard InChI is InChI=1S/C39H40F7N3O5.2ClH/c1-49(24-37(40,41)38(42,43)39(44,45)46)34(50)20-11-26-9-7-25(8-10-26)5-3-2-4-6-33-31(27-12-15-29(16-13-27)53-35(51)22-47)18-14-28-21-30(17-19-32(28)33)54-36(52)23-48;;/h7-10,12-19,21H,2-6,11,20,22-24,47-48H2,1H3;2*1H. The molecular weight excluding hydrogens is 794 g/mol. The van der Waals surface area contributed by atoms with Crippen molar-refractivity contribution in [2.24, 2.45) is 11.5 Å². The minimum absolute atomic E-state index is 0. The summed E-state index contributed by atoms with van der Waals surface area (Å²) in [4.78, 5) is 35.8. The molecular formula is C39H42Cl2F7N3O5. The number of nitrogens with zero attached hydrogens (tertiary/aromatic N) is 1. The Kier molecular flexibility index (Phi) is 17.6. The molecule has 0 saturated carbocycles. The van der Waals surface area contributed by atoms with Crippen LogP contribution in [0.25, 0.3) is 21.9 Å². The van der Waals surface area contributed by atoms with Crippen molar-refractivity contribution in [2.75, 3.05) is 26.7 Å². The van der Waals surface area contributed by atoms with Gasteiger partial charge in [0.25, 0.3) is 0 Å². The molecule has 0 aliphatic rings. The highest BCUT2D eigenvalue weighted by atomic mass is 35.5. The first-order chi connectivity index (χ1) is 25.5. The number of nitrogens with two attached hydrogens (primary N) is 2. The molecule has 0 atom stereocenters. The van der Waals surface area contributed by atoms with Crippen molar-refractivity contribution in [3.05, 3.63) is 95.6 Å². The third-order valence-electron chi connectivity index (χ3n) is 8.78. The number of rotatable bonds is 17. The van der Waals surface area contributed by atoms with E-state index in [1.54, 1.807) is 36.4 Å². The molecule has 0 heterocycles. The van der Waals surface area contributed by atoms with E-state index in [-0.39, 0.29) is 55.6 Å². The second-order valence-corrected chi connectivity index (χ2v) is 12.8. The lowest BCUT2D eigenvalue weighted by Gasteiger charge is -2.31. The Morgan fingerprint density at radius 3 is 1.77 bits per heavy atom. The van der Waals surface area contributed by atoms with Gasteiger partial charge in [-0.1, -0.05) is 61.0 Å². The summed E-state index contributed by atoms with van der Waals surface area (Å²) in [5, 5.41) is 1.85. The number of hydrogen-bond donors (Lipinski definition) is 2. The highest BCUT2D eigenvalue weighted by Gasteiger charge is 2.73. The first-order valence-corrected chi connectivity index (χ1v) is 17.1. The van der Waals surface area contributed by atoms with Crippen LogP contribution in [-0.2, 0) is 33.6 Å². The highest BCUT2D eigenvalue weighted by molar-refractivity contribution is 5.93. The van der Waals surface area contributed by atoms with Crippen LogP contribution in [0.3, 0.4) is 0 Å². The third-order valence-corrected chi connectivity index (χ3v) is 8.78. The van der Waals surface area contributed by atoms with Crippen LogP contribution in [0.5, 0.6) is 11.5 Å². The molecule has 4 N–H and O–H groups in total. The average molecular weight is 837 g/mol. The van der Waals surface area contributed by atoms with Gasteiger partial charge in [-0.25, -0.2) is 0 Å². The number of carbonyl (C=O) groups excluding carboxylic acids is 3. The van der Waals surface area contributed by atoms with Gasteiger partial charge in [-0.15, -0.1) is 24.8 Å². The maximum atomic E-state index is 13.7. The first kappa shape index (κ1) is 47.7. The molecule has 0 radical (unpaired) electrons. The van der Waals surface area contributed by atoms with E-state index in [1.807, 2.05) is 42.5 Å². The van der Waals surface area contributed by atoms with Crippen LogP contribution < -0.4 is 20.9 Å². The van der Waals surface area contributed by atoms with E-state index in [1.165, 1.54) is 0 Å². The number of amides is 1. The van der Waals surface area contributed by atoms with Gasteiger partial charge >= 0.3 is 30.0 Å². The van der Waals surface area contributed by atoms with Crippen LogP contribution in [0, 0.1) is 0 Å². The van der Waals surface area contributed by atoms with E-state index < -0.39 is 42.4 Å². The fourth-order valence-electron chi connectivity index (χ4n) is 5.84. The van der Waals surface area contributed by atoms with E-state index >= 15 is 0 Å². The zero-order chi connectivity index (χ0) is 39.7. The number of halogens is 9. The predicted molar refractivity (Wildman–Crippen MR) is 203 cm³/mol. The lowest BCUT2D eigenvalue weighted by atomic mass is 9.90. The molecule has 0 saturated heterocycles. The normalized spacial score (nSPS) is 11.7. The van der Waals surface area contributed by atoms with Crippen LogP contribution >= 0.6 is 24.8 Å². The molecule has 8 nitrogen and oxygen atoms in total. The van der Waals surface area contributed by atoms with Gasteiger partial charge in [0, 0.05) is 13.5 Å². The molecule has 56 heavy (non-hydrogen) atoms. The maximum absolute atomic E-state index is 13.7. The Bertz CT molecular complexity index is 1930. The lowest BCUT2D eigenvalue weighted by Crippen LogP contribution is -2.57. The maximum Gasteiger partial charge on any atom is 0.459 e. The number of carbonyl (C=O) groups is 3. The number of unbranched alkanes of at least 4 members (excludes halogenated alkanes) is 2. The molecule has 0 aliphatic carbocycles. The smallest absolute Gasteiger partial charge is 0.426 e. The average Bonchev–Trinajstić information content (AvgIpc) is 3.13. The number of fused-ring (bicyclic) bond motifs is 1. The molecule has 17 heteroatoms. The van der Waals surface area contributed by atoms with Crippen molar-refractivity contribution < 1.29 is 54.6 Å². The quantitative estimate of drug-likeness (QED) is 0.0475. The van der Waals surface area contributed by atoms with E-state index in [0.29, 0.717) is 17.1 Å². The van der Waals surface area contributed by atoms with Gasteiger partial charge in [-0.2, -0.15) is 30.7 Å². The summed E-state index contributed by atoms with van der Waals surface area (Å²) in [5.41, 5.74) is 15.4. The van der Waals surface area contributed by atoms with Gasteiger partial charge in [0.05, 0.1) is 19.6 Å². The van der Waals surface area contributed by atoms with Crippen molar-refractivity contribution in [2.45, 2.75) is 63.0 Å². The number of benzene rings is 4. The Hall–Kier alpha value is -4.44. The highest BCUT2D eigenvalue weighted by Crippen LogP contribution is 2.46. The molecule has 4 aromatic rings. The van der Waals surface area contributed by atoms with Crippen molar-refractivity contribution in [3.63, 3.8) is 0 Å². The Labute approximate surface area is 331 Å². The molecule has 0 bridgehead atoms. The van der Waals surface area contributed by atoms with Crippen LogP contribution in [0.15, 0.2) is 78.9 Å². The van der Waals surface area contributed by atoms with Crippen molar-refractivity contribution in [1.82, 2.24) is 4.90 Å². The first-order valence-electron chi connectivity index (χ1n) is 17.1. The van der Waals surface area contributed by atoms with Crippen molar-refractivity contribution in [3.8, 4) is 22.6 Å². The molecule has 0 unspecified atom stereocenters. The fourth-order valence-corrected chi connectivity index (χ4v) is 5.84. The third kappa shape index (κ3) is 12.3. The van der Waals surface area contributed by atoms with E-state index in [4.69, 9.17) is 20.9 Å². The Balaban J connectivity index is 0.00000541. The van der Waals surface area contributed by atoms with Crippen molar-refractivity contribution >= 4 is 53.4 Å². The van der Waals surface area contributed by atoms with E-state index in [9.17, 15) is 45.1 Å². The number of alkyl halides is 7. The topological polar surface area (TPSA) is 125 Å². The lowest BCUT2D eigenvalue weighted by molar-refractivity contribution is -0.355. The second-order valence-electron chi connectivity index (χ2n) is 12.8. The number of esters is 2. The molecule has 0 aliphatic heterocycles. The summed E-state index contributed by atoms with van der Waals surface area (Å²) < 4.78 is 102. The largest absolute Gasteiger partial charge is 0.459 e. The van der Waals surface area contributed by atoms with Gasteiger partial charge in [-0.3, -0.25) is 14.4 Å². The summed E-state index contributed by atoms with van der Waals surface area (Å²) in [7, 11) is 0.757. The SMILES string of the molecule is CN(CC(F)(F)C(F)(F)C(F)(F)F)C(=O)CCc1ccc(CCCCCc2c(-c3ccc(OC(=O)CN)cc3)ccc3cc(OC(=O)CN)ccc23)cc1.Cl.Cl. The number of hydrogen-bond acceptors (Lipinski definition) is 7. The van der Waals surface area contributed by atoms with Gasteiger partial charge in [0.15, 0.2) is 0 Å². The number of aryl methyl sites for hydroxylation is 3. The summed E-state index contributed by atoms with van der Waals surface area (Å²) >= 11 is 0. The second kappa shape index (κ2) is 20.6. The molecule has 0 aromatic heterocycles. The van der Waals surface area contributed by atoms with Crippen LogP contribution in [-0.4, -0.2) is 67.4 Å². The van der Waals surface area contributed by atoms with Gasteiger partial charge in [-0.05, 0) is 95.0 Å². The summed E-state index contributed by atoms with van der Waals surface area (Å²) in [6.45, 7) is -2.57. The molecule has 0 fully saturated rings. The van der Waals surface area contributed by atoms with Crippen LogP contribution in [0.2, 0.25) is 0 Å². The molecule has 306 valence electrons. The summed E-state index contributed by atoms with van der Waals surface area (Å²) in [6, 6.07) is 23.6. The van der Waals surface area contributed by atoms with Crippen LogP contribution in [0.4, 0.5) is 30.7 Å². The van der Waals surface area contributed by atoms with E-state index in [2.05, 4.69) is 0 Å². The van der Waals surface area contributed by atoms with Crippen LogP contribution in [0.1, 0.15) is 42.4 Å². The molecule has 1 amide bonds. The monoisotopic (exact) mass is 835 g/mol. The fraction of sp³-hybridized carbons (Fsp3) is 0.359. The summed E-state index contributed by atoms with van der Waals surface area (Å²) in [5.74, 6) is -13.1.